The Balaban J connectivity index is 2.09. The number of aromatic nitrogens is 2. The van der Waals surface area contributed by atoms with Gasteiger partial charge in [0.15, 0.2) is 5.75 Å². The SMILES string of the molecule is CCNCc1nc(C(C)C)ncc1OC1CCC(C)CC1. The number of hydrogen-bond donors (Lipinski definition) is 1. The predicted octanol–water partition coefficient (Wildman–Crippen LogP) is 3.67. The summed E-state index contributed by atoms with van der Waals surface area (Å²) in [4.78, 5) is 9.16. The van der Waals surface area contributed by atoms with E-state index in [4.69, 9.17) is 9.72 Å². The van der Waals surface area contributed by atoms with E-state index in [0.717, 1.165) is 49.1 Å². The third kappa shape index (κ3) is 4.67. The molecule has 1 N–H and O–H groups in total. The molecule has 0 unspecified atom stereocenters. The molecule has 2 rings (SSSR count). The lowest BCUT2D eigenvalue weighted by Gasteiger charge is -2.27. The first-order chi connectivity index (χ1) is 10.1. The minimum absolute atomic E-state index is 0.329. The van der Waals surface area contributed by atoms with Gasteiger partial charge < -0.3 is 10.1 Å². The zero-order chi connectivity index (χ0) is 15.2. The Bertz CT molecular complexity index is 440. The van der Waals surface area contributed by atoms with Crippen LogP contribution >= 0.6 is 0 Å². The summed E-state index contributed by atoms with van der Waals surface area (Å²) in [5.74, 6) is 2.94. The highest BCUT2D eigenvalue weighted by atomic mass is 16.5. The molecule has 4 heteroatoms. The summed E-state index contributed by atoms with van der Waals surface area (Å²) in [5, 5.41) is 3.35. The van der Waals surface area contributed by atoms with Crippen molar-refractivity contribution in [2.45, 2.75) is 71.9 Å². The molecule has 21 heavy (non-hydrogen) atoms. The molecule has 1 aliphatic carbocycles. The first kappa shape index (κ1) is 16.2. The van der Waals surface area contributed by atoms with Gasteiger partial charge in [-0.3, -0.25) is 0 Å². The number of ether oxygens (including phenoxy) is 1. The standard InChI is InChI=1S/C17H29N3O/c1-5-18-10-15-16(11-19-17(20-15)12(2)3)21-14-8-6-13(4)7-9-14/h11-14,18H,5-10H2,1-4H3. The van der Waals surface area contributed by atoms with Crippen molar-refractivity contribution in [3.63, 3.8) is 0 Å². The van der Waals surface area contributed by atoms with Crippen molar-refractivity contribution >= 4 is 0 Å². The second-order valence-corrected chi connectivity index (χ2v) is 6.47. The quantitative estimate of drug-likeness (QED) is 0.868. The molecule has 0 aromatic carbocycles. The van der Waals surface area contributed by atoms with Crippen molar-refractivity contribution in [3.05, 3.63) is 17.7 Å². The first-order valence-corrected chi connectivity index (χ1v) is 8.33. The van der Waals surface area contributed by atoms with Gasteiger partial charge in [-0.2, -0.15) is 0 Å². The number of hydrogen-bond acceptors (Lipinski definition) is 4. The van der Waals surface area contributed by atoms with Crippen LogP contribution in [0.15, 0.2) is 6.20 Å². The van der Waals surface area contributed by atoms with Crippen molar-refractivity contribution < 1.29 is 4.74 Å². The van der Waals surface area contributed by atoms with Gasteiger partial charge in [0.25, 0.3) is 0 Å². The lowest BCUT2D eigenvalue weighted by Crippen LogP contribution is -2.25. The normalized spacial score (nSPS) is 22.5. The molecule has 0 saturated heterocycles. The average molecular weight is 291 g/mol. The lowest BCUT2D eigenvalue weighted by atomic mass is 9.89. The minimum atomic E-state index is 0.329. The topological polar surface area (TPSA) is 47.0 Å². The molecule has 0 atom stereocenters. The molecule has 4 nitrogen and oxygen atoms in total. The van der Waals surface area contributed by atoms with E-state index in [1.807, 2.05) is 6.20 Å². The van der Waals surface area contributed by atoms with E-state index < -0.39 is 0 Å². The summed E-state index contributed by atoms with van der Waals surface area (Å²) >= 11 is 0. The van der Waals surface area contributed by atoms with E-state index in [-0.39, 0.29) is 0 Å². The molecule has 1 aromatic heterocycles. The Hall–Kier alpha value is -1.16. The van der Waals surface area contributed by atoms with Gasteiger partial charge in [-0.1, -0.05) is 27.7 Å². The summed E-state index contributed by atoms with van der Waals surface area (Å²) in [6, 6.07) is 0. The lowest BCUT2D eigenvalue weighted by molar-refractivity contribution is 0.133. The van der Waals surface area contributed by atoms with Gasteiger partial charge in [0.05, 0.1) is 18.0 Å². The largest absolute Gasteiger partial charge is 0.487 e. The van der Waals surface area contributed by atoms with E-state index in [1.54, 1.807) is 0 Å². The molecule has 0 aliphatic heterocycles. The summed E-state index contributed by atoms with van der Waals surface area (Å²) in [5.41, 5.74) is 0.995. The summed E-state index contributed by atoms with van der Waals surface area (Å²) < 4.78 is 6.20. The van der Waals surface area contributed by atoms with Crippen LogP contribution in [0.3, 0.4) is 0 Å². The Morgan fingerprint density at radius 3 is 2.62 bits per heavy atom. The van der Waals surface area contributed by atoms with Gasteiger partial charge in [0.1, 0.15) is 5.82 Å². The van der Waals surface area contributed by atoms with Crippen molar-refractivity contribution in [2.75, 3.05) is 6.54 Å². The smallest absolute Gasteiger partial charge is 0.160 e. The molecule has 118 valence electrons. The van der Waals surface area contributed by atoms with Gasteiger partial charge in [-0.15, -0.1) is 0 Å². The predicted molar refractivity (Wildman–Crippen MR) is 85.5 cm³/mol. The van der Waals surface area contributed by atoms with Crippen LogP contribution in [0.4, 0.5) is 0 Å². The average Bonchev–Trinajstić information content (AvgIpc) is 2.48. The maximum atomic E-state index is 6.20. The Morgan fingerprint density at radius 1 is 1.29 bits per heavy atom. The van der Waals surface area contributed by atoms with Crippen LogP contribution in [-0.4, -0.2) is 22.6 Å². The Labute approximate surface area is 128 Å². The third-order valence-corrected chi connectivity index (χ3v) is 4.16. The van der Waals surface area contributed by atoms with E-state index in [0.29, 0.717) is 12.0 Å². The van der Waals surface area contributed by atoms with Crippen LogP contribution in [0, 0.1) is 5.92 Å². The highest BCUT2D eigenvalue weighted by Crippen LogP contribution is 2.28. The van der Waals surface area contributed by atoms with Crippen molar-refractivity contribution in [1.82, 2.24) is 15.3 Å². The number of nitrogens with zero attached hydrogens (tertiary/aromatic N) is 2. The van der Waals surface area contributed by atoms with E-state index in [9.17, 15) is 0 Å². The second kappa shape index (κ2) is 7.74. The van der Waals surface area contributed by atoms with Gasteiger partial charge in [0, 0.05) is 12.5 Å². The van der Waals surface area contributed by atoms with Gasteiger partial charge in [-0.25, -0.2) is 9.97 Å². The molecule has 1 heterocycles. The van der Waals surface area contributed by atoms with Crippen LogP contribution in [0.1, 0.15) is 70.8 Å². The Morgan fingerprint density at radius 2 is 2.00 bits per heavy atom. The van der Waals surface area contributed by atoms with Gasteiger partial charge >= 0.3 is 0 Å². The van der Waals surface area contributed by atoms with Gasteiger partial charge in [0.2, 0.25) is 0 Å². The molecule has 0 spiro atoms. The van der Waals surface area contributed by atoms with Crippen LogP contribution in [0.2, 0.25) is 0 Å². The second-order valence-electron chi connectivity index (χ2n) is 6.47. The fourth-order valence-electron chi connectivity index (χ4n) is 2.70. The molecular weight excluding hydrogens is 262 g/mol. The minimum Gasteiger partial charge on any atom is -0.487 e. The van der Waals surface area contributed by atoms with Crippen molar-refractivity contribution in [2.24, 2.45) is 5.92 Å². The first-order valence-electron chi connectivity index (χ1n) is 8.33. The van der Waals surface area contributed by atoms with Crippen LogP contribution in [0.5, 0.6) is 5.75 Å². The zero-order valence-electron chi connectivity index (χ0n) is 13.9. The fourth-order valence-corrected chi connectivity index (χ4v) is 2.70. The fraction of sp³-hybridized carbons (Fsp3) is 0.765. The molecule has 1 saturated carbocycles. The molecule has 1 fully saturated rings. The zero-order valence-corrected chi connectivity index (χ0v) is 13.9. The van der Waals surface area contributed by atoms with E-state index >= 15 is 0 Å². The number of rotatable bonds is 6. The molecule has 0 radical (unpaired) electrons. The summed E-state index contributed by atoms with van der Waals surface area (Å²) in [6.07, 6.45) is 7.01. The molecular formula is C17H29N3O. The van der Waals surface area contributed by atoms with Crippen molar-refractivity contribution in [3.8, 4) is 5.75 Å². The van der Waals surface area contributed by atoms with Crippen LogP contribution < -0.4 is 10.1 Å². The van der Waals surface area contributed by atoms with E-state index in [2.05, 4.69) is 38.0 Å². The molecule has 1 aromatic rings. The molecule has 0 bridgehead atoms. The van der Waals surface area contributed by atoms with Crippen LogP contribution in [0.25, 0.3) is 0 Å². The van der Waals surface area contributed by atoms with Crippen LogP contribution in [-0.2, 0) is 6.54 Å². The summed E-state index contributed by atoms with van der Waals surface area (Å²) in [7, 11) is 0. The van der Waals surface area contributed by atoms with Crippen molar-refractivity contribution in [1.29, 1.82) is 0 Å². The van der Waals surface area contributed by atoms with Gasteiger partial charge in [-0.05, 0) is 38.1 Å². The number of nitrogens with one attached hydrogen (secondary N) is 1. The maximum absolute atomic E-state index is 6.20. The highest BCUT2D eigenvalue weighted by Gasteiger charge is 2.21. The highest BCUT2D eigenvalue weighted by molar-refractivity contribution is 5.25. The third-order valence-electron chi connectivity index (χ3n) is 4.16. The monoisotopic (exact) mass is 291 g/mol. The maximum Gasteiger partial charge on any atom is 0.160 e. The Kier molecular flexibility index (Phi) is 5.97. The molecule has 1 aliphatic rings. The summed E-state index contributed by atoms with van der Waals surface area (Å²) in [6.45, 7) is 10.4. The van der Waals surface area contributed by atoms with E-state index in [1.165, 1.54) is 12.8 Å². The molecule has 0 amide bonds.